The molecule has 8 heteroatoms. The normalized spacial score (nSPS) is 15.0. The summed E-state index contributed by atoms with van der Waals surface area (Å²) in [5.41, 5.74) is 2.88. The van der Waals surface area contributed by atoms with E-state index in [-0.39, 0.29) is 4.90 Å². The van der Waals surface area contributed by atoms with Crippen molar-refractivity contribution >= 4 is 15.7 Å². The van der Waals surface area contributed by atoms with Gasteiger partial charge in [-0.1, -0.05) is 30.3 Å². The molecule has 1 saturated heterocycles. The molecule has 0 amide bonds. The molecule has 0 radical (unpaired) electrons. The Morgan fingerprint density at radius 1 is 1.00 bits per heavy atom. The molecule has 0 aliphatic carbocycles. The van der Waals surface area contributed by atoms with Gasteiger partial charge in [0.1, 0.15) is 4.90 Å². The van der Waals surface area contributed by atoms with Gasteiger partial charge in [0.2, 0.25) is 10.0 Å². The Kier molecular flexibility index (Phi) is 5.66. The Bertz CT molecular complexity index is 1040. The lowest BCUT2D eigenvalue weighted by molar-refractivity contribution is 0.122. The second-order valence-corrected chi connectivity index (χ2v) is 9.03. The van der Waals surface area contributed by atoms with Crippen molar-refractivity contribution in [2.75, 3.05) is 38.3 Å². The number of anilines is 1. The Morgan fingerprint density at radius 3 is 2.38 bits per heavy atom. The van der Waals surface area contributed by atoms with E-state index in [2.05, 4.69) is 10.00 Å². The molecule has 4 rings (SSSR count). The number of hydrogen-bond donors (Lipinski definition) is 0. The summed E-state index contributed by atoms with van der Waals surface area (Å²) in [7, 11) is -2.04. The van der Waals surface area contributed by atoms with Crippen molar-refractivity contribution in [3.05, 3.63) is 72.6 Å². The van der Waals surface area contributed by atoms with Gasteiger partial charge in [0, 0.05) is 32.4 Å². The molecule has 1 fully saturated rings. The molecular weight excluding hydrogens is 388 g/mol. The van der Waals surface area contributed by atoms with Gasteiger partial charge in [-0.3, -0.25) is 0 Å². The number of rotatable bonds is 6. The second kappa shape index (κ2) is 8.36. The maximum atomic E-state index is 12.9. The van der Waals surface area contributed by atoms with Crippen molar-refractivity contribution in [3.63, 3.8) is 0 Å². The number of aromatic nitrogens is 2. The number of nitrogens with zero attached hydrogens (tertiary/aromatic N) is 4. The summed E-state index contributed by atoms with van der Waals surface area (Å²) in [5, 5.41) is 4.20. The minimum absolute atomic E-state index is 0.175. The molecule has 1 aliphatic heterocycles. The van der Waals surface area contributed by atoms with Crippen molar-refractivity contribution in [1.82, 2.24) is 14.1 Å². The van der Waals surface area contributed by atoms with Crippen molar-refractivity contribution < 1.29 is 13.2 Å². The molecule has 1 aromatic heterocycles. The molecule has 152 valence electrons. The molecule has 2 heterocycles. The highest BCUT2D eigenvalue weighted by molar-refractivity contribution is 7.89. The molecule has 0 bridgehead atoms. The zero-order chi connectivity index (χ0) is 20.3. The third-order valence-electron chi connectivity index (χ3n) is 5.01. The van der Waals surface area contributed by atoms with E-state index in [1.807, 2.05) is 54.6 Å². The van der Waals surface area contributed by atoms with E-state index in [9.17, 15) is 8.42 Å². The highest BCUT2D eigenvalue weighted by atomic mass is 32.2. The van der Waals surface area contributed by atoms with E-state index in [0.717, 1.165) is 43.2 Å². The first-order valence-electron chi connectivity index (χ1n) is 9.52. The van der Waals surface area contributed by atoms with Crippen LogP contribution in [-0.4, -0.2) is 55.9 Å². The van der Waals surface area contributed by atoms with Crippen LogP contribution < -0.4 is 4.90 Å². The molecule has 29 heavy (non-hydrogen) atoms. The highest BCUT2D eigenvalue weighted by Crippen LogP contribution is 2.20. The van der Waals surface area contributed by atoms with Crippen LogP contribution in [0.5, 0.6) is 0 Å². The van der Waals surface area contributed by atoms with E-state index in [4.69, 9.17) is 4.74 Å². The summed E-state index contributed by atoms with van der Waals surface area (Å²) in [5.74, 6) is 0. The molecule has 7 nitrogen and oxygen atoms in total. The summed E-state index contributed by atoms with van der Waals surface area (Å²) in [6, 6.07) is 17.5. The SMILES string of the molecule is CN(Cc1ccc(N2CCOCC2)cc1)S(=O)(=O)c1cnn(-c2ccccc2)c1. The Balaban J connectivity index is 1.46. The van der Waals surface area contributed by atoms with Gasteiger partial charge in [-0.15, -0.1) is 0 Å². The zero-order valence-corrected chi connectivity index (χ0v) is 17.1. The number of hydrogen-bond acceptors (Lipinski definition) is 5. The first-order valence-corrected chi connectivity index (χ1v) is 11.0. The number of benzene rings is 2. The molecule has 0 saturated carbocycles. The monoisotopic (exact) mass is 412 g/mol. The maximum Gasteiger partial charge on any atom is 0.246 e. The minimum Gasteiger partial charge on any atom is -0.378 e. The zero-order valence-electron chi connectivity index (χ0n) is 16.3. The molecule has 0 spiro atoms. The van der Waals surface area contributed by atoms with Crippen LogP contribution in [0.4, 0.5) is 5.69 Å². The van der Waals surface area contributed by atoms with E-state index in [1.54, 1.807) is 17.9 Å². The lowest BCUT2D eigenvalue weighted by Gasteiger charge is -2.29. The van der Waals surface area contributed by atoms with Gasteiger partial charge < -0.3 is 9.64 Å². The van der Waals surface area contributed by atoms with E-state index in [1.165, 1.54) is 10.5 Å². The fraction of sp³-hybridized carbons (Fsp3) is 0.286. The Hall–Kier alpha value is -2.68. The molecule has 0 unspecified atom stereocenters. The van der Waals surface area contributed by atoms with Crippen molar-refractivity contribution in [2.24, 2.45) is 0 Å². The second-order valence-electron chi connectivity index (χ2n) is 6.98. The van der Waals surface area contributed by atoms with Crippen LogP contribution in [0, 0.1) is 0 Å². The van der Waals surface area contributed by atoms with E-state index in [0.29, 0.717) is 6.54 Å². The predicted octanol–water partition coefficient (Wildman–Crippen LogP) is 2.53. The highest BCUT2D eigenvalue weighted by Gasteiger charge is 2.23. The largest absolute Gasteiger partial charge is 0.378 e. The van der Waals surface area contributed by atoms with Crippen molar-refractivity contribution in [1.29, 1.82) is 0 Å². The summed E-state index contributed by atoms with van der Waals surface area (Å²) in [4.78, 5) is 2.44. The van der Waals surface area contributed by atoms with Gasteiger partial charge in [0.05, 0.1) is 31.3 Å². The topological polar surface area (TPSA) is 67.7 Å². The first-order chi connectivity index (χ1) is 14.0. The summed E-state index contributed by atoms with van der Waals surface area (Å²) >= 11 is 0. The minimum atomic E-state index is -3.63. The number of ether oxygens (including phenoxy) is 1. The van der Waals surface area contributed by atoms with Crippen LogP contribution in [0.15, 0.2) is 71.9 Å². The Morgan fingerprint density at radius 2 is 1.69 bits per heavy atom. The molecule has 0 atom stereocenters. The van der Waals surface area contributed by atoms with Crippen LogP contribution in [0.2, 0.25) is 0 Å². The average molecular weight is 413 g/mol. The van der Waals surface area contributed by atoms with Crippen molar-refractivity contribution in [3.8, 4) is 5.69 Å². The van der Waals surface area contributed by atoms with E-state index >= 15 is 0 Å². The summed E-state index contributed by atoms with van der Waals surface area (Å²) < 4.78 is 34.2. The van der Waals surface area contributed by atoms with Crippen LogP contribution in [0.25, 0.3) is 5.69 Å². The van der Waals surface area contributed by atoms with Crippen molar-refractivity contribution in [2.45, 2.75) is 11.4 Å². The van der Waals surface area contributed by atoms with Gasteiger partial charge in [0.15, 0.2) is 0 Å². The third-order valence-corrected chi connectivity index (χ3v) is 6.76. The lowest BCUT2D eigenvalue weighted by Crippen LogP contribution is -2.36. The number of para-hydroxylation sites is 1. The summed E-state index contributed by atoms with van der Waals surface area (Å²) in [6.07, 6.45) is 2.93. The Labute approximate surface area is 171 Å². The molecule has 0 N–H and O–H groups in total. The molecule has 2 aromatic carbocycles. The molecular formula is C21H24N4O3S. The van der Waals surface area contributed by atoms with Crippen LogP contribution >= 0.6 is 0 Å². The van der Waals surface area contributed by atoms with Gasteiger partial charge in [-0.2, -0.15) is 9.40 Å². The van der Waals surface area contributed by atoms with Gasteiger partial charge in [-0.25, -0.2) is 13.1 Å². The maximum absolute atomic E-state index is 12.9. The van der Waals surface area contributed by atoms with Gasteiger partial charge in [-0.05, 0) is 29.8 Å². The van der Waals surface area contributed by atoms with Crippen LogP contribution in [-0.2, 0) is 21.3 Å². The van der Waals surface area contributed by atoms with Crippen LogP contribution in [0.1, 0.15) is 5.56 Å². The first kappa shape index (κ1) is 19.6. The standard InChI is InChI=1S/C21H24N4O3S/c1-23(16-18-7-9-19(10-8-18)24-11-13-28-14-12-24)29(26,27)21-15-22-25(17-21)20-5-3-2-4-6-20/h2-10,15,17H,11-14,16H2,1H3. The fourth-order valence-corrected chi connectivity index (χ4v) is 4.41. The predicted molar refractivity (Wildman–Crippen MR) is 112 cm³/mol. The van der Waals surface area contributed by atoms with Gasteiger partial charge >= 0.3 is 0 Å². The molecule has 3 aromatic rings. The van der Waals surface area contributed by atoms with Crippen LogP contribution in [0.3, 0.4) is 0 Å². The van der Waals surface area contributed by atoms with E-state index < -0.39 is 10.0 Å². The quantitative estimate of drug-likeness (QED) is 0.622. The number of morpholine rings is 1. The average Bonchev–Trinajstić information content (AvgIpc) is 3.27. The lowest BCUT2D eigenvalue weighted by atomic mass is 10.2. The fourth-order valence-electron chi connectivity index (χ4n) is 3.32. The summed E-state index contributed by atoms with van der Waals surface area (Å²) in [6.45, 7) is 3.51. The van der Waals surface area contributed by atoms with Gasteiger partial charge in [0.25, 0.3) is 0 Å². The third kappa shape index (κ3) is 4.34. The number of sulfonamides is 1. The molecule has 1 aliphatic rings. The smallest absolute Gasteiger partial charge is 0.246 e.